The van der Waals surface area contributed by atoms with Gasteiger partial charge in [0.2, 0.25) is 5.76 Å². The van der Waals surface area contributed by atoms with E-state index in [1.165, 1.54) is 5.56 Å². The van der Waals surface area contributed by atoms with Crippen molar-refractivity contribution in [2.24, 2.45) is 0 Å². The molecule has 1 aromatic carbocycles. The molecule has 2 fully saturated rings. The number of carbonyl (C=O) groups excluding carboxylic acids is 1. The number of nitrogens with zero attached hydrogens (tertiary/aromatic N) is 3. The number of hydrogen-bond donors (Lipinski definition) is 0. The molecule has 1 amide bonds. The standard InChI is InChI=1S/C21H27N3O3/c1-26-18-8-6-16(7-9-18)14-23-10-4-5-17(15-23)19-13-20(27-22-19)21(25)24-11-2-3-12-24/h6-9,13,17H,2-5,10-12,14-15H2,1H3/t17-/m0/s1. The highest BCUT2D eigenvalue weighted by Crippen LogP contribution is 2.28. The van der Waals surface area contributed by atoms with Crippen molar-refractivity contribution in [2.45, 2.75) is 38.1 Å². The van der Waals surface area contributed by atoms with Gasteiger partial charge in [0.25, 0.3) is 5.91 Å². The van der Waals surface area contributed by atoms with Gasteiger partial charge in [-0.25, -0.2) is 0 Å². The van der Waals surface area contributed by atoms with Crippen molar-refractivity contribution < 1.29 is 14.1 Å². The lowest BCUT2D eigenvalue weighted by Crippen LogP contribution is -2.34. The van der Waals surface area contributed by atoms with Crippen LogP contribution in [0.5, 0.6) is 5.75 Å². The summed E-state index contributed by atoms with van der Waals surface area (Å²) >= 11 is 0. The zero-order valence-electron chi connectivity index (χ0n) is 15.9. The second-order valence-corrected chi connectivity index (χ2v) is 7.54. The van der Waals surface area contributed by atoms with Gasteiger partial charge in [0.15, 0.2) is 0 Å². The molecule has 2 aromatic rings. The number of rotatable bonds is 5. The Kier molecular flexibility index (Phi) is 5.43. The van der Waals surface area contributed by atoms with Crippen LogP contribution in [0.2, 0.25) is 0 Å². The van der Waals surface area contributed by atoms with Crippen LogP contribution < -0.4 is 4.74 Å². The van der Waals surface area contributed by atoms with Gasteiger partial charge in [-0.15, -0.1) is 0 Å². The molecule has 0 N–H and O–H groups in total. The van der Waals surface area contributed by atoms with Crippen LogP contribution in [0.3, 0.4) is 0 Å². The summed E-state index contributed by atoms with van der Waals surface area (Å²) in [6, 6.07) is 10.1. The summed E-state index contributed by atoms with van der Waals surface area (Å²) in [6.07, 6.45) is 4.37. The molecule has 0 aliphatic carbocycles. The number of carbonyl (C=O) groups is 1. The third-order valence-corrected chi connectivity index (χ3v) is 5.62. The molecule has 27 heavy (non-hydrogen) atoms. The third kappa shape index (κ3) is 4.16. The number of ether oxygens (including phenoxy) is 1. The molecule has 4 rings (SSSR count). The summed E-state index contributed by atoms with van der Waals surface area (Å²) < 4.78 is 10.6. The molecule has 2 saturated heterocycles. The molecular formula is C21H27N3O3. The summed E-state index contributed by atoms with van der Waals surface area (Å²) in [5.41, 5.74) is 2.19. The topological polar surface area (TPSA) is 58.8 Å². The zero-order valence-corrected chi connectivity index (χ0v) is 15.9. The minimum Gasteiger partial charge on any atom is -0.497 e. The van der Waals surface area contributed by atoms with Crippen molar-refractivity contribution in [2.75, 3.05) is 33.3 Å². The third-order valence-electron chi connectivity index (χ3n) is 5.62. The van der Waals surface area contributed by atoms with Gasteiger partial charge in [0, 0.05) is 38.2 Å². The number of piperidine rings is 1. The van der Waals surface area contributed by atoms with Gasteiger partial charge >= 0.3 is 0 Å². The van der Waals surface area contributed by atoms with E-state index in [1.807, 2.05) is 23.1 Å². The quantitative estimate of drug-likeness (QED) is 0.809. The van der Waals surface area contributed by atoms with Crippen LogP contribution in [0.25, 0.3) is 0 Å². The normalized spacial score (nSPS) is 20.8. The molecule has 0 unspecified atom stereocenters. The first kappa shape index (κ1) is 18.0. The summed E-state index contributed by atoms with van der Waals surface area (Å²) in [4.78, 5) is 16.8. The van der Waals surface area contributed by atoms with E-state index in [0.29, 0.717) is 11.7 Å². The molecular weight excluding hydrogens is 342 g/mol. The van der Waals surface area contributed by atoms with Crippen LogP contribution >= 0.6 is 0 Å². The van der Waals surface area contributed by atoms with Gasteiger partial charge in [-0.05, 0) is 49.9 Å². The zero-order chi connectivity index (χ0) is 18.6. The molecule has 6 nitrogen and oxygen atoms in total. The highest BCUT2D eigenvalue weighted by atomic mass is 16.5. The van der Waals surface area contributed by atoms with Gasteiger partial charge in [-0.2, -0.15) is 0 Å². The monoisotopic (exact) mass is 369 g/mol. The van der Waals surface area contributed by atoms with Crippen molar-refractivity contribution in [3.05, 3.63) is 47.3 Å². The maximum atomic E-state index is 12.5. The second kappa shape index (κ2) is 8.13. The van der Waals surface area contributed by atoms with Gasteiger partial charge < -0.3 is 14.2 Å². The van der Waals surface area contributed by atoms with Crippen molar-refractivity contribution in [1.29, 1.82) is 0 Å². The van der Waals surface area contributed by atoms with Gasteiger partial charge in [0.05, 0.1) is 12.8 Å². The highest BCUT2D eigenvalue weighted by molar-refractivity contribution is 5.91. The fourth-order valence-electron chi connectivity index (χ4n) is 4.09. The van der Waals surface area contributed by atoms with Crippen LogP contribution in [0.15, 0.2) is 34.9 Å². The number of methoxy groups -OCH3 is 1. The lowest BCUT2D eigenvalue weighted by atomic mass is 9.94. The summed E-state index contributed by atoms with van der Waals surface area (Å²) in [5.74, 6) is 1.57. The Bertz CT molecular complexity index is 765. The smallest absolute Gasteiger partial charge is 0.292 e. The van der Waals surface area contributed by atoms with E-state index in [2.05, 4.69) is 22.2 Å². The van der Waals surface area contributed by atoms with Crippen molar-refractivity contribution >= 4 is 5.91 Å². The lowest BCUT2D eigenvalue weighted by Gasteiger charge is -2.31. The Morgan fingerprint density at radius 1 is 1.19 bits per heavy atom. The Morgan fingerprint density at radius 3 is 2.70 bits per heavy atom. The van der Waals surface area contributed by atoms with Crippen LogP contribution in [0.1, 0.15) is 53.4 Å². The van der Waals surface area contributed by atoms with Crippen LogP contribution in [0, 0.1) is 0 Å². The first-order valence-corrected chi connectivity index (χ1v) is 9.84. The van der Waals surface area contributed by atoms with Crippen molar-refractivity contribution in [1.82, 2.24) is 15.0 Å². The lowest BCUT2D eigenvalue weighted by molar-refractivity contribution is 0.0751. The molecule has 1 aromatic heterocycles. The number of aromatic nitrogens is 1. The number of amides is 1. The van der Waals surface area contributed by atoms with E-state index in [9.17, 15) is 4.79 Å². The molecule has 0 radical (unpaired) electrons. The molecule has 2 aliphatic heterocycles. The first-order chi connectivity index (χ1) is 13.2. The Labute approximate surface area is 160 Å². The fourth-order valence-corrected chi connectivity index (χ4v) is 4.09. The van der Waals surface area contributed by atoms with E-state index in [1.54, 1.807) is 7.11 Å². The minimum absolute atomic E-state index is 0.0165. The summed E-state index contributed by atoms with van der Waals surface area (Å²) in [6.45, 7) is 4.59. The van der Waals surface area contributed by atoms with Gasteiger partial charge in [-0.3, -0.25) is 9.69 Å². The predicted molar refractivity (Wildman–Crippen MR) is 102 cm³/mol. The summed E-state index contributed by atoms with van der Waals surface area (Å²) in [5, 5.41) is 4.23. The SMILES string of the molecule is COc1ccc(CN2CCC[C@H](c3cc(C(=O)N4CCCC4)on3)C2)cc1. The molecule has 3 heterocycles. The molecule has 144 valence electrons. The molecule has 6 heteroatoms. The number of benzene rings is 1. The molecule has 1 atom stereocenters. The van der Waals surface area contributed by atoms with Crippen LogP contribution in [-0.4, -0.2) is 54.2 Å². The second-order valence-electron chi connectivity index (χ2n) is 7.54. The maximum Gasteiger partial charge on any atom is 0.292 e. The van der Waals surface area contributed by atoms with E-state index in [-0.39, 0.29) is 5.91 Å². The highest BCUT2D eigenvalue weighted by Gasteiger charge is 2.27. The fraction of sp³-hybridized carbons (Fsp3) is 0.524. The molecule has 0 spiro atoms. The van der Waals surface area contributed by atoms with Crippen LogP contribution in [-0.2, 0) is 6.54 Å². The molecule has 0 saturated carbocycles. The van der Waals surface area contributed by atoms with E-state index >= 15 is 0 Å². The summed E-state index contributed by atoms with van der Waals surface area (Å²) in [7, 11) is 1.69. The first-order valence-electron chi connectivity index (χ1n) is 9.84. The Morgan fingerprint density at radius 2 is 1.96 bits per heavy atom. The predicted octanol–water partition coefficient (Wildman–Crippen LogP) is 3.30. The molecule has 2 aliphatic rings. The average Bonchev–Trinajstić information content (AvgIpc) is 3.41. The van der Waals surface area contributed by atoms with Crippen molar-refractivity contribution in [3.63, 3.8) is 0 Å². The van der Waals surface area contributed by atoms with E-state index < -0.39 is 0 Å². The minimum atomic E-state index is -0.0165. The van der Waals surface area contributed by atoms with Crippen LogP contribution in [0.4, 0.5) is 0 Å². The van der Waals surface area contributed by atoms with Gasteiger partial charge in [0.1, 0.15) is 5.75 Å². The largest absolute Gasteiger partial charge is 0.497 e. The van der Waals surface area contributed by atoms with E-state index in [0.717, 1.165) is 69.9 Å². The van der Waals surface area contributed by atoms with Gasteiger partial charge in [-0.1, -0.05) is 17.3 Å². The maximum absolute atomic E-state index is 12.5. The average molecular weight is 369 g/mol. The Balaban J connectivity index is 1.38. The van der Waals surface area contributed by atoms with E-state index in [4.69, 9.17) is 9.26 Å². The number of likely N-dealkylation sites (tertiary alicyclic amines) is 2. The van der Waals surface area contributed by atoms with Crippen molar-refractivity contribution in [3.8, 4) is 5.75 Å². The Hall–Kier alpha value is -2.34. The number of hydrogen-bond acceptors (Lipinski definition) is 5. The molecule has 0 bridgehead atoms.